The van der Waals surface area contributed by atoms with Crippen molar-refractivity contribution in [1.82, 2.24) is 9.88 Å². The number of aromatic amines is 1. The molecule has 31 heavy (non-hydrogen) atoms. The Hall–Kier alpha value is -3.29. The monoisotopic (exact) mass is 435 g/mol. The van der Waals surface area contributed by atoms with Gasteiger partial charge in [0.25, 0.3) is 10.0 Å². The number of H-pyrrole nitrogens is 1. The number of hydrogen-bond acceptors (Lipinski definition) is 4. The topological polar surface area (TPSA) is 74.4 Å². The van der Waals surface area contributed by atoms with Crippen LogP contribution in [-0.2, 0) is 16.4 Å². The number of nitrogens with one attached hydrogen (secondary N) is 2. The number of sulfonamides is 1. The average molecular weight is 436 g/mol. The van der Waals surface area contributed by atoms with Gasteiger partial charge in [-0.3, -0.25) is 4.72 Å². The molecule has 1 heterocycles. The first-order valence-corrected chi connectivity index (χ1v) is 11.5. The number of fused-ring (bicyclic) bond motifs is 1. The summed E-state index contributed by atoms with van der Waals surface area (Å²) in [6.07, 6.45) is 2.76. The maximum Gasteiger partial charge on any atom is 0.261 e. The van der Waals surface area contributed by atoms with Crippen molar-refractivity contribution in [3.8, 4) is 11.5 Å². The lowest BCUT2D eigenvalue weighted by Crippen LogP contribution is -2.15. The maximum atomic E-state index is 13.0. The molecule has 0 atom stereocenters. The third-order valence-electron chi connectivity index (χ3n) is 4.97. The van der Waals surface area contributed by atoms with Crippen LogP contribution in [0.15, 0.2) is 83.9 Å². The van der Waals surface area contributed by atoms with Gasteiger partial charge >= 0.3 is 0 Å². The first-order chi connectivity index (χ1) is 14.9. The average Bonchev–Trinajstić information content (AvgIpc) is 3.17. The van der Waals surface area contributed by atoms with Gasteiger partial charge in [-0.05, 0) is 74.6 Å². The van der Waals surface area contributed by atoms with Crippen molar-refractivity contribution < 1.29 is 13.2 Å². The van der Waals surface area contributed by atoms with Crippen LogP contribution in [0.2, 0.25) is 0 Å². The lowest BCUT2D eigenvalue weighted by molar-refractivity contribution is 0.414. The molecule has 1 aromatic heterocycles. The summed E-state index contributed by atoms with van der Waals surface area (Å²) in [6.45, 7) is 0.872. The van der Waals surface area contributed by atoms with Gasteiger partial charge in [-0.1, -0.05) is 24.3 Å². The van der Waals surface area contributed by atoms with Gasteiger partial charge in [-0.15, -0.1) is 0 Å². The minimum absolute atomic E-state index is 0.176. The van der Waals surface area contributed by atoms with Crippen LogP contribution in [0.5, 0.6) is 11.5 Å². The van der Waals surface area contributed by atoms with Gasteiger partial charge in [0, 0.05) is 23.6 Å². The molecule has 160 valence electrons. The Morgan fingerprint density at radius 3 is 2.32 bits per heavy atom. The van der Waals surface area contributed by atoms with Crippen LogP contribution in [0, 0.1) is 0 Å². The van der Waals surface area contributed by atoms with E-state index in [0.29, 0.717) is 17.2 Å². The van der Waals surface area contributed by atoms with E-state index in [2.05, 4.69) is 14.6 Å². The van der Waals surface area contributed by atoms with E-state index in [1.165, 1.54) is 0 Å². The van der Waals surface area contributed by atoms with E-state index in [0.717, 1.165) is 29.4 Å². The van der Waals surface area contributed by atoms with Gasteiger partial charge in [-0.25, -0.2) is 8.42 Å². The molecule has 0 saturated carbocycles. The minimum atomic E-state index is -3.75. The summed E-state index contributed by atoms with van der Waals surface area (Å²) in [5.74, 6) is 1.27. The number of likely N-dealkylation sites (N-methyl/N-ethyl adjacent to an activating group) is 1. The Morgan fingerprint density at radius 1 is 0.903 bits per heavy atom. The van der Waals surface area contributed by atoms with Crippen molar-refractivity contribution in [2.45, 2.75) is 11.3 Å². The Kier molecular flexibility index (Phi) is 5.97. The molecule has 0 bridgehead atoms. The molecule has 2 N–H and O–H groups in total. The van der Waals surface area contributed by atoms with Gasteiger partial charge in [0.2, 0.25) is 0 Å². The van der Waals surface area contributed by atoms with Crippen molar-refractivity contribution in [1.29, 1.82) is 0 Å². The zero-order valence-electron chi connectivity index (χ0n) is 17.5. The van der Waals surface area contributed by atoms with Crippen LogP contribution in [0.25, 0.3) is 10.9 Å². The zero-order valence-corrected chi connectivity index (χ0v) is 18.3. The molecule has 0 aliphatic heterocycles. The minimum Gasteiger partial charge on any atom is -0.457 e. The second-order valence-corrected chi connectivity index (χ2v) is 9.27. The molecule has 3 aromatic carbocycles. The lowest BCUT2D eigenvalue weighted by atomic mass is 10.1. The number of hydrogen-bond donors (Lipinski definition) is 2. The largest absolute Gasteiger partial charge is 0.457 e. The smallest absolute Gasteiger partial charge is 0.261 e. The maximum absolute atomic E-state index is 13.0. The standard InChI is InChI=1S/C24H25N3O3S/c1-27(2)16-15-18-17-25-22-9-6-10-23(24(18)22)26-31(28,29)21-13-11-20(12-14-21)30-19-7-4-3-5-8-19/h3-14,17,25-26H,15-16H2,1-2H3. The summed E-state index contributed by atoms with van der Waals surface area (Å²) in [5.41, 5.74) is 2.55. The van der Waals surface area contributed by atoms with E-state index >= 15 is 0 Å². The van der Waals surface area contributed by atoms with Crippen LogP contribution in [0.3, 0.4) is 0 Å². The summed E-state index contributed by atoms with van der Waals surface area (Å²) in [6, 6.07) is 21.3. The van der Waals surface area contributed by atoms with Crippen LogP contribution in [0.1, 0.15) is 5.56 Å². The highest BCUT2D eigenvalue weighted by atomic mass is 32.2. The Bertz CT molecular complexity index is 1260. The highest BCUT2D eigenvalue weighted by Crippen LogP contribution is 2.30. The summed E-state index contributed by atoms with van der Waals surface area (Å²) in [4.78, 5) is 5.52. The quantitative estimate of drug-likeness (QED) is 0.414. The molecular formula is C24H25N3O3S. The van der Waals surface area contributed by atoms with Crippen LogP contribution >= 0.6 is 0 Å². The molecule has 0 spiro atoms. The molecule has 6 nitrogen and oxygen atoms in total. The fourth-order valence-electron chi connectivity index (χ4n) is 3.40. The van der Waals surface area contributed by atoms with E-state index in [1.807, 2.05) is 62.8 Å². The molecule has 0 fully saturated rings. The number of anilines is 1. The molecule has 7 heteroatoms. The normalized spacial score (nSPS) is 11.7. The third-order valence-corrected chi connectivity index (χ3v) is 6.35. The summed E-state index contributed by atoms with van der Waals surface area (Å²) < 4.78 is 34.6. The Labute approximate surface area is 182 Å². The van der Waals surface area contributed by atoms with Crippen molar-refractivity contribution in [2.75, 3.05) is 25.4 Å². The molecule has 0 aliphatic rings. The second-order valence-electron chi connectivity index (χ2n) is 7.59. The van der Waals surface area contributed by atoms with Crippen molar-refractivity contribution >= 4 is 26.6 Å². The number of benzene rings is 3. The first kappa shape index (κ1) is 21.0. The predicted molar refractivity (Wildman–Crippen MR) is 124 cm³/mol. The fourth-order valence-corrected chi connectivity index (χ4v) is 4.47. The van der Waals surface area contributed by atoms with Crippen molar-refractivity contribution in [2.24, 2.45) is 0 Å². The number of aromatic nitrogens is 1. The first-order valence-electron chi connectivity index (χ1n) is 10.0. The number of para-hydroxylation sites is 1. The van der Waals surface area contributed by atoms with Crippen molar-refractivity contribution in [3.63, 3.8) is 0 Å². The zero-order chi connectivity index (χ0) is 21.8. The van der Waals surface area contributed by atoms with E-state index in [1.54, 1.807) is 30.3 Å². The fraction of sp³-hybridized carbons (Fsp3) is 0.167. The number of nitrogens with zero attached hydrogens (tertiary/aromatic N) is 1. The molecule has 0 saturated heterocycles. The van der Waals surface area contributed by atoms with E-state index < -0.39 is 10.0 Å². The van der Waals surface area contributed by atoms with Gasteiger partial charge < -0.3 is 14.6 Å². The molecule has 0 radical (unpaired) electrons. The van der Waals surface area contributed by atoms with E-state index in [-0.39, 0.29) is 4.90 Å². The highest BCUT2D eigenvalue weighted by molar-refractivity contribution is 7.92. The van der Waals surface area contributed by atoms with Crippen molar-refractivity contribution in [3.05, 3.63) is 84.6 Å². The summed E-state index contributed by atoms with van der Waals surface area (Å²) in [5, 5.41) is 0.900. The highest BCUT2D eigenvalue weighted by Gasteiger charge is 2.17. The molecule has 0 aliphatic carbocycles. The summed E-state index contributed by atoms with van der Waals surface area (Å²) >= 11 is 0. The van der Waals surface area contributed by atoms with Gasteiger partial charge in [-0.2, -0.15) is 0 Å². The Morgan fingerprint density at radius 2 is 1.61 bits per heavy atom. The van der Waals surface area contributed by atoms with Crippen LogP contribution in [0.4, 0.5) is 5.69 Å². The second kappa shape index (κ2) is 8.83. The predicted octanol–water partition coefficient (Wildman–Crippen LogP) is 4.87. The van der Waals surface area contributed by atoms with Crippen LogP contribution in [-0.4, -0.2) is 38.9 Å². The Balaban J connectivity index is 1.57. The third kappa shape index (κ3) is 4.90. The molecule has 0 unspecified atom stereocenters. The van der Waals surface area contributed by atoms with E-state index in [4.69, 9.17) is 4.74 Å². The molecule has 4 aromatic rings. The SMILES string of the molecule is CN(C)CCc1c[nH]c2cccc(NS(=O)(=O)c3ccc(Oc4ccccc4)cc3)c12. The molecular weight excluding hydrogens is 410 g/mol. The lowest BCUT2D eigenvalue weighted by Gasteiger charge is -2.12. The van der Waals surface area contributed by atoms with Gasteiger partial charge in [0.15, 0.2) is 0 Å². The van der Waals surface area contributed by atoms with Gasteiger partial charge in [0.1, 0.15) is 11.5 Å². The van der Waals surface area contributed by atoms with Crippen LogP contribution < -0.4 is 9.46 Å². The number of rotatable bonds is 8. The van der Waals surface area contributed by atoms with E-state index in [9.17, 15) is 8.42 Å². The van der Waals surface area contributed by atoms with Gasteiger partial charge in [0.05, 0.1) is 10.6 Å². The molecule has 4 rings (SSSR count). The number of ether oxygens (including phenoxy) is 1. The summed E-state index contributed by atoms with van der Waals surface area (Å²) in [7, 11) is 0.285. The molecule has 0 amide bonds.